The highest BCUT2D eigenvalue weighted by Crippen LogP contribution is 2.34. The number of benzene rings is 1. The molecule has 24 heavy (non-hydrogen) atoms. The predicted octanol–water partition coefficient (Wildman–Crippen LogP) is 3.33. The highest BCUT2D eigenvalue weighted by atomic mass is 35.5. The maximum Gasteiger partial charge on any atom is 0.225 e. The lowest BCUT2D eigenvalue weighted by Gasteiger charge is -2.27. The maximum atomic E-state index is 11.9. The van der Waals surface area contributed by atoms with Crippen molar-refractivity contribution in [2.75, 3.05) is 11.9 Å². The van der Waals surface area contributed by atoms with Gasteiger partial charge in [-0.05, 0) is 43.4 Å². The first kappa shape index (κ1) is 20.5. The molecule has 0 radical (unpaired) electrons. The standard InChI is InChI=1S/C17H22N4O.2ClH/c18-11-4-9-17(22)20-16-10-12-19-21(16)15-8-3-6-13-5-1-2-7-14(13)15;;/h1-2,5,7,10,12,15H,3-4,6,8-9,11,18H2,(H,20,22);2*1H. The molecule has 1 heterocycles. The quantitative estimate of drug-likeness (QED) is 0.847. The fourth-order valence-corrected chi connectivity index (χ4v) is 3.11. The average molecular weight is 371 g/mol. The molecule has 132 valence electrons. The Morgan fingerprint density at radius 2 is 2.08 bits per heavy atom. The Labute approximate surface area is 154 Å². The second-order valence-corrected chi connectivity index (χ2v) is 5.71. The third-order valence-electron chi connectivity index (χ3n) is 4.18. The number of rotatable bonds is 5. The number of halogens is 2. The lowest BCUT2D eigenvalue weighted by atomic mass is 9.88. The molecule has 2 aromatic rings. The number of carbonyl (C=O) groups is 1. The Morgan fingerprint density at radius 3 is 2.88 bits per heavy atom. The molecule has 3 rings (SSSR count). The van der Waals surface area contributed by atoms with Crippen LogP contribution in [0.25, 0.3) is 0 Å². The first-order valence-corrected chi connectivity index (χ1v) is 7.91. The summed E-state index contributed by atoms with van der Waals surface area (Å²) in [6.45, 7) is 0.530. The van der Waals surface area contributed by atoms with Crippen LogP contribution in [0.5, 0.6) is 0 Å². The van der Waals surface area contributed by atoms with E-state index in [-0.39, 0.29) is 36.8 Å². The Bertz CT molecular complexity index is 660. The molecule has 0 fully saturated rings. The maximum absolute atomic E-state index is 11.9. The molecule has 1 aliphatic carbocycles. The van der Waals surface area contributed by atoms with Crippen molar-refractivity contribution in [2.45, 2.75) is 38.1 Å². The van der Waals surface area contributed by atoms with E-state index >= 15 is 0 Å². The van der Waals surface area contributed by atoms with Crippen molar-refractivity contribution < 1.29 is 4.79 Å². The summed E-state index contributed by atoms with van der Waals surface area (Å²) in [5.41, 5.74) is 8.15. The van der Waals surface area contributed by atoms with Crippen molar-refractivity contribution in [1.82, 2.24) is 9.78 Å². The fourth-order valence-electron chi connectivity index (χ4n) is 3.11. The second-order valence-electron chi connectivity index (χ2n) is 5.71. The van der Waals surface area contributed by atoms with Gasteiger partial charge in [-0.15, -0.1) is 24.8 Å². The van der Waals surface area contributed by atoms with Gasteiger partial charge < -0.3 is 11.1 Å². The minimum atomic E-state index is -0.00343. The zero-order valence-electron chi connectivity index (χ0n) is 13.5. The fraction of sp³-hybridized carbons (Fsp3) is 0.412. The molecule has 5 nitrogen and oxygen atoms in total. The van der Waals surface area contributed by atoms with Crippen LogP contribution in [0.3, 0.4) is 0 Å². The molecule has 1 aromatic heterocycles. The molecule has 0 spiro atoms. The zero-order chi connectivity index (χ0) is 15.4. The molecule has 1 aliphatic rings. The molecule has 1 unspecified atom stereocenters. The Hall–Kier alpha value is -1.56. The molecule has 3 N–H and O–H groups in total. The van der Waals surface area contributed by atoms with Gasteiger partial charge in [0.05, 0.1) is 12.2 Å². The van der Waals surface area contributed by atoms with E-state index in [2.05, 4.69) is 34.7 Å². The topological polar surface area (TPSA) is 72.9 Å². The van der Waals surface area contributed by atoms with E-state index in [1.54, 1.807) is 6.20 Å². The number of hydrogen-bond acceptors (Lipinski definition) is 3. The summed E-state index contributed by atoms with van der Waals surface area (Å²) in [6, 6.07) is 10.6. The van der Waals surface area contributed by atoms with Crippen molar-refractivity contribution in [1.29, 1.82) is 0 Å². The number of nitrogens with zero attached hydrogens (tertiary/aromatic N) is 2. The molecule has 7 heteroatoms. The lowest BCUT2D eigenvalue weighted by molar-refractivity contribution is -0.116. The molecule has 0 bridgehead atoms. The van der Waals surface area contributed by atoms with Crippen LogP contribution in [0.2, 0.25) is 0 Å². The van der Waals surface area contributed by atoms with E-state index in [4.69, 9.17) is 5.73 Å². The summed E-state index contributed by atoms with van der Waals surface area (Å²) < 4.78 is 1.94. The van der Waals surface area contributed by atoms with Crippen LogP contribution in [-0.4, -0.2) is 22.2 Å². The van der Waals surface area contributed by atoms with Crippen LogP contribution in [0, 0.1) is 0 Å². The monoisotopic (exact) mass is 370 g/mol. The summed E-state index contributed by atoms with van der Waals surface area (Å²) in [7, 11) is 0. The SMILES string of the molecule is Cl.Cl.NCCCC(=O)Nc1ccnn1C1CCCc2ccccc21. The van der Waals surface area contributed by atoms with Gasteiger partial charge in [-0.25, -0.2) is 4.68 Å². The van der Waals surface area contributed by atoms with E-state index in [0.717, 1.165) is 25.1 Å². The number of aryl methyl sites for hydroxylation is 1. The van der Waals surface area contributed by atoms with Crippen LogP contribution in [0.15, 0.2) is 36.5 Å². The number of fused-ring (bicyclic) bond motifs is 1. The highest BCUT2D eigenvalue weighted by molar-refractivity contribution is 5.89. The third-order valence-corrected chi connectivity index (χ3v) is 4.18. The van der Waals surface area contributed by atoms with Gasteiger partial charge in [0, 0.05) is 12.5 Å². The van der Waals surface area contributed by atoms with Crippen LogP contribution in [0.1, 0.15) is 42.9 Å². The van der Waals surface area contributed by atoms with E-state index in [1.165, 1.54) is 11.1 Å². The number of hydrogen-bond donors (Lipinski definition) is 2. The zero-order valence-corrected chi connectivity index (χ0v) is 15.1. The highest BCUT2D eigenvalue weighted by Gasteiger charge is 2.23. The van der Waals surface area contributed by atoms with Gasteiger partial charge in [0.25, 0.3) is 0 Å². The normalized spacial score (nSPS) is 15.6. The first-order chi connectivity index (χ1) is 10.8. The minimum Gasteiger partial charge on any atom is -0.330 e. The number of anilines is 1. The van der Waals surface area contributed by atoms with Gasteiger partial charge in [-0.2, -0.15) is 5.10 Å². The lowest BCUT2D eigenvalue weighted by Crippen LogP contribution is -2.22. The summed E-state index contributed by atoms with van der Waals surface area (Å²) >= 11 is 0. The average Bonchev–Trinajstić information content (AvgIpc) is 3.00. The number of carbonyl (C=O) groups excluding carboxylic acids is 1. The molecule has 1 aromatic carbocycles. The largest absolute Gasteiger partial charge is 0.330 e. The molecule has 1 atom stereocenters. The third kappa shape index (κ3) is 4.50. The first-order valence-electron chi connectivity index (χ1n) is 7.91. The molecular weight excluding hydrogens is 347 g/mol. The van der Waals surface area contributed by atoms with Gasteiger partial charge in [0.2, 0.25) is 5.91 Å². The van der Waals surface area contributed by atoms with Crippen LogP contribution in [-0.2, 0) is 11.2 Å². The van der Waals surface area contributed by atoms with E-state index in [0.29, 0.717) is 19.4 Å². The van der Waals surface area contributed by atoms with Crippen molar-refractivity contribution in [3.8, 4) is 0 Å². The summed E-state index contributed by atoms with van der Waals surface area (Å²) in [4.78, 5) is 11.9. The van der Waals surface area contributed by atoms with Gasteiger partial charge in [0.1, 0.15) is 5.82 Å². The van der Waals surface area contributed by atoms with Gasteiger partial charge in [-0.1, -0.05) is 24.3 Å². The van der Waals surface area contributed by atoms with Gasteiger partial charge in [0.15, 0.2) is 0 Å². The van der Waals surface area contributed by atoms with Crippen LogP contribution >= 0.6 is 24.8 Å². The Kier molecular flexibility index (Phi) is 8.25. The summed E-state index contributed by atoms with van der Waals surface area (Å²) in [6.07, 6.45) is 6.20. The summed E-state index contributed by atoms with van der Waals surface area (Å²) in [5, 5.41) is 7.41. The molecule has 0 aliphatic heterocycles. The molecule has 1 amide bonds. The van der Waals surface area contributed by atoms with Crippen LogP contribution in [0.4, 0.5) is 5.82 Å². The second kappa shape index (κ2) is 9.67. The molecular formula is C17H24Cl2N4O. The number of aromatic nitrogens is 2. The van der Waals surface area contributed by atoms with E-state index in [1.807, 2.05) is 10.7 Å². The minimum absolute atomic E-state index is 0. The Morgan fingerprint density at radius 1 is 1.29 bits per heavy atom. The predicted molar refractivity (Wildman–Crippen MR) is 101 cm³/mol. The van der Waals surface area contributed by atoms with Crippen molar-refractivity contribution >= 4 is 36.5 Å². The van der Waals surface area contributed by atoms with E-state index < -0.39 is 0 Å². The van der Waals surface area contributed by atoms with Crippen molar-refractivity contribution in [3.05, 3.63) is 47.7 Å². The summed E-state index contributed by atoms with van der Waals surface area (Å²) in [5.74, 6) is 0.764. The van der Waals surface area contributed by atoms with Gasteiger partial charge >= 0.3 is 0 Å². The Balaban J connectivity index is 0.00000144. The molecule has 0 saturated carbocycles. The van der Waals surface area contributed by atoms with Crippen molar-refractivity contribution in [3.63, 3.8) is 0 Å². The van der Waals surface area contributed by atoms with Crippen LogP contribution < -0.4 is 11.1 Å². The van der Waals surface area contributed by atoms with Gasteiger partial charge in [-0.3, -0.25) is 4.79 Å². The number of nitrogens with two attached hydrogens (primary N) is 1. The van der Waals surface area contributed by atoms with E-state index in [9.17, 15) is 4.79 Å². The number of nitrogens with one attached hydrogen (secondary N) is 1. The van der Waals surface area contributed by atoms with Crippen molar-refractivity contribution in [2.24, 2.45) is 5.73 Å². The molecule has 0 saturated heterocycles. The number of amides is 1. The smallest absolute Gasteiger partial charge is 0.225 e.